The highest BCUT2D eigenvalue weighted by molar-refractivity contribution is 5.17. The molecule has 0 spiro atoms. The molecule has 0 aromatic carbocycles. The Bertz CT molecular complexity index is 314. The van der Waals surface area contributed by atoms with E-state index in [1.165, 1.54) is 5.56 Å². The predicted molar refractivity (Wildman–Crippen MR) is 64.8 cm³/mol. The first kappa shape index (κ1) is 15.6. The third-order valence-corrected chi connectivity index (χ3v) is 2.41. The number of hydrogen-bond donors (Lipinski definition) is 0. The van der Waals surface area contributed by atoms with Crippen LogP contribution < -0.4 is 21.5 Å². The zero-order chi connectivity index (χ0) is 11.7. The molecule has 0 bridgehead atoms. The van der Waals surface area contributed by atoms with Gasteiger partial charge in [-0.3, -0.25) is 0 Å². The zero-order valence-corrected chi connectivity index (χ0v) is 12.9. The monoisotopic (exact) mass is 285 g/mol. The lowest BCUT2D eigenvalue weighted by Crippen LogP contribution is -3.00. The van der Waals surface area contributed by atoms with Crippen LogP contribution in [0.4, 0.5) is 0 Å². The van der Waals surface area contributed by atoms with Crippen LogP contribution in [0.5, 0.6) is 0 Å². The van der Waals surface area contributed by atoms with Crippen LogP contribution in [0.1, 0.15) is 47.1 Å². The van der Waals surface area contributed by atoms with E-state index < -0.39 is 0 Å². The topological polar surface area (TPSA) is 3.88 Å². The molecule has 0 atom stereocenters. The smallest absolute Gasteiger partial charge is 0.169 e. The number of rotatable bonds is 1. The maximum atomic E-state index is 2.26. The van der Waals surface area contributed by atoms with Crippen molar-refractivity contribution in [1.29, 1.82) is 0 Å². The van der Waals surface area contributed by atoms with Gasteiger partial charge < -0.3 is 17.0 Å². The van der Waals surface area contributed by atoms with Gasteiger partial charge >= 0.3 is 0 Å². The van der Waals surface area contributed by atoms with Crippen LogP contribution in [0.3, 0.4) is 0 Å². The standard InChI is InChI=1S/C14H24N.BrH/c1-13(2,3)11-15-9-7-12(8-10-15)14(4,5)6;/h7-10H,11H2,1-6H3;1H/q+1;/p-1. The van der Waals surface area contributed by atoms with Gasteiger partial charge in [0.25, 0.3) is 0 Å². The van der Waals surface area contributed by atoms with Crippen molar-refractivity contribution in [2.45, 2.75) is 53.5 Å². The lowest BCUT2D eigenvalue weighted by atomic mass is 9.88. The average Bonchev–Trinajstić information content (AvgIpc) is 2.00. The van der Waals surface area contributed by atoms with Gasteiger partial charge in [-0.1, -0.05) is 41.5 Å². The molecule has 16 heavy (non-hydrogen) atoms. The maximum Gasteiger partial charge on any atom is 0.169 e. The summed E-state index contributed by atoms with van der Waals surface area (Å²) in [5, 5.41) is 0. The molecule has 0 aliphatic heterocycles. The second-order valence-corrected chi connectivity index (χ2v) is 6.57. The Morgan fingerprint density at radius 1 is 0.938 bits per heavy atom. The van der Waals surface area contributed by atoms with E-state index >= 15 is 0 Å². The number of nitrogens with zero attached hydrogens (tertiary/aromatic N) is 1. The Kier molecular flexibility index (Phi) is 5.18. The molecule has 0 aliphatic rings. The van der Waals surface area contributed by atoms with Crippen molar-refractivity contribution in [2.75, 3.05) is 0 Å². The van der Waals surface area contributed by atoms with Gasteiger partial charge in [-0.25, -0.2) is 4.57 Å². The van der Waals surface area contributed by atoms with E-state index in [9.17, 15) is 0 Å². The first-order chi connectivity index (χ1) is 6.68. The summed E-state index contributed by atoms with van der Waals surface area (Å²) in [4.78, 5) is 0. The molecule has 0 radical (unpaired) electrons. The Labute approximate surface area is 111 Å². The number of pyridine rings is 1. The fourth-order valence-electron chi connectivity index (χ4n) is 1.61. The van der Waals surface area contributed by atoms with Crippen LogP contribution in [0, 0.1) is 5.41 Å². The first-order valence-corrected chi connectivity index (χ1v) is 5.68. The molecule has 0 fully saturated rings. The van der Waals surface area contributed by atoms with Gasteiger partial charge in [0.15, 0.2) is 18.9 Å². The van der Waals surface area contributed by atoms with E-state index in [2.05, 4.69) is 70.6 Å². The summed E-state index contributed by atoms with van der Waals surface area (Å²) < 4.78 is 2.26. The zero-order valence-electron chi connectivity index (χ0n) is 11.3. The second kappa shape index (κ2) is 5.31. The molecular weight excluding hydrogens is 262 g/mol. The van der Waals surface area contributed by atoms with E-state index in [0.717, 1.165) is 6.54 Å². The normalized spacial score (nSPS) is 12.1. The molecule has 0 saturated carbocycles. The van der Waals surface area contributed by atoms with Crippen LogP contribution in [0.2, 0.25) is 0 Å². The lowest BCUT2D eigenvalue weighted by molar-refractivity contribution is -0.708. The van der Waals surface area contributed by atoms with Gasteiger partial charge in [-0.2, -0.15) is 0 Å². The predicted octanol–water partition coefficient (Wildman–Crippen LogP) is 0.322. The van der Waals surface area contributed by atoms with Crippen LogP contribution >= 0.6 is 0 Å². The van der Waals surface area contributed by atoms with Crippen molar-refractivity contribution in [3.63, 3.8) is 0 Å². The van der Waals surface area contributed by atoms with Gasteiger partial charge in [-0.15, -0.1) is 0 Å². The molecule has 0 unspecified atom stereocenters. The molecule has 1 aromatic heterocycles. The summed E-state index contributed by atoms with van der Waals surface area (Å²) in [6.07, 6.45) is 4.37. The minimum absolute atomic E-state index is 0. The summed E-state index contributed by atoms with van der Waals surface area (Å²) in [6.45, 7) is 14.6. The minimum atomic E-state index is 0. The summed E-state index contributed by atoms with van der Waals surface area (Å²) in [5.41, 5.74) is 1.99. The molecule has 92 valence electrons. The second-order valence-electron chi connectivity index (χ2n) is 6.57. The van der Waals surface area contributed by atoms with Crippen molar-refractivity contribution in [3.05, 3.63) is 30.1 Å². The molecule has 1 nitrogen and oxygen atoms in total. The third kappa shape index (κ3) is 5.11. The SMILES string of the molecule is CC(C)(C)C[n+]1ccc(C(C)(C)C)cc1.[Br-]. The number of halogens is 1. The summed E-state index contributed by atoms with van der Waals surface area (Å²) in [6, 6.07) is 4.46. The fraction of sp³-hybridized carbons (Fsp3) is 0.643. The quantitative estimate of drug-likeness (QED) is 0.655. The van der Waals surface area contributed by atoms with Crippen molar-refractivity contribution in [1.82, 2.24) is 0 Å². The van der Waals surface area contributed by atoms with Gasteiger partial charge in [0, 0.05) is 17.5 Å². The van der Waals surface area contributed by atoms with Crippen molar-refractivity contribution in [2.24, 2.45) is 5.41 Å². The Morgan fingerprint density at radius 2 is 1.38 bits per heavy atom. The highest BCUT2D eigenvalue weighted by Crippen LogP contribution is 2.20. The van der Waals surface area contributed by atoms with Gasteiger partial charge in [-0.05, 0) is 11.0 Å². The molecule has 0 amide bonds. The number of aromatic nitrogens is 1. The lowest BCUT2D eigenvalue weighted by Gasteiger charge is -2.18. The number of hydrogen-bond acceptors (Lipinski definition) is 0. The third-order valence-electron chi connectivity index (χ3n) is 2.41. The molecule has 2 heteroatoms. The largest absolute Gasteiger partial charge is 1.00 e. The molecule has 1 rings (SSSR count). The Morgan fingerprint density at radius 3 is 1.69 bits per heavy atom. The van der Waals surface area contributed by atoms with E-state index in [1.807, 2.05) is 0 Å². The molecule has 1 heterocycles. The highest BCUT2D eigenvalue weighted by Gasteiger charge is 2.18. The van der Waals surface area contributed by atoms with Crippen LogP contribution in [-0.4, -0.2) is 0 Å². The minimum Gasteiger partial charge on any atom is -1.00 e. The molecule has 0 aliphatic carbocycles. The highest BCUT2D eigenvalue weighted by atomic mass is 79.9. The van der Waals surface area contributed by atoms with Crippen LogP contribution in [-0.2, 0) is 12.0 Å². The van der Waals surface area contributed by atoms with Crippen molar-refractivity contribution >= 4 is 0 Å². The van der Waals surface area contributed by atoms with E-state index in [1.54, 1.807) is 0 Å². The van der Waals surface area contributed by atoms with Crippen LogP contribution in [0.15, 0.2) is 24.5 Å². The van der Waals surface area contributed by atoms with Crippen LogP contribution in [0.25, 0.3) is 0 Å². The molecule has 0 saturated heterocycles. The average molecular weight is 286 g/mol. The molecular formula is C14H24BrN. The fourth-order valence-corrected chi connectivity index (χ4v) is 1.61. The van der Waals surface area contributed by atoms with E-state index in [4.69, 9.17) is 0 Å². The van der Waals surface area contributed by atoms with E-state index in [-0.39, 0.29) is 22.4 Å². The van der Waals surface area contributed by atoms with Gasteiger partial charge in [0.1, 0.15) is 0 Å². The van der Waals surface area contributed by atoms with Gasteiger partial charge in [0.05, 0.1) is 0 Å². The van der Waals surface area contributed by atoms with Crippen molar-refractivity contribution < 1.29 is 21.5 Å². The molecule has 0 N–H and O–H groups in total. The molecule has 1 aromatic rings. The first-order valence-electron chi connectivity index (χ1n) is 5.68. The van der Waals surface area contributed by atoms with E-state index in [0.29, 0.717) is 5.41 Å². The Hall–Kier alpha value is -0.370. The summed E-state index contributed by atoms with van der Waals surface area (Å²) >= 11 is 0. The van der Waals surface area contributed by atoms with Gasteiger partial charge in [0.2, 0.25) is 0 Å². The maximum absolute atomic E-state index is 2.26. The van der Waals surface area contributed by atoms with Crippen molar-refractivity contribution in [3.8, 4) is 0 Å². The summed E-state index contributed by atoms with van der Waals surface area (Å²) in [7, 11) is 0. The Balaban J connectivity index is 0.00000225. The summed E-state index contributed by atoms with van der Waals surface area (Å²) in [5.74, 6) is 0.